The topological polar surface area (TPSA) is 70.5 Å². The molecule has 2 heterocycles. The van der Waals surface area contributed by atoms with E-state index in [2.05, 4.69) is 32.8 Å². The summed E-state index contributed by atoms with van der Waals surface area (Å²) in [7, 11) is 1.58. The van der Waals surface area contributed by atoms with Gasteiger partial charge in [0, 0.05) is 20.0 Å². The van der Waals surface area contributed by atoms with Gasteiger partial charge in [-0.15, -0.1) is 0 Å². The molecule has 1 atom stereocenters. The number of carbonyl (C=O) groups excluding carboxylic acids is 2. The van der Waals surface area contributed by atoms with E-state index >= 15 is 0 Å². The highest BCUT2D eigenvalue weighted by Gasteiger charge is 2.42. The van der Waals surface area contributed by atoms with Gasteiger partial charge >= 0.3 is 0 Å². The first-order chi connectivity index (χ1) is 8.92. The van der Waals surface area contributed by atoms with E-state index < -0.39 is 17.3 Å². The Labute approximate surface area is 118 Å². The van der Waals surface area contributed by atoms with Crippen molar-refractivity contribution in [3.8, 4) is 11.8 Å². The highest BCUT2D eigenvalue weighted by Crippen LogP contribution is 2.20. The molecule has 0 bridgehead atoms. The molecule has 1 unspecified atom stereocenters. The Bertz CT molecular complexity index is 605. The van der Waals surface area contributed by atoms with Gasteiger partial charge in [-0.05, 0) is 39.9 Å². The summed E-state index contributed by atoms with van der Waals surface area (Å²) in [4.78, 5) is 28.8. The zero-order valence-corrected chi connectivity index (χ0v) is 11.8. The van der Waals surface area contributed by atoms with Gasteiger partial charge in [0.2, 0.25) is 5.60 Å². The van der Waals surface area contributed by atoms with Crippen molar-refractivity contribution in [2.75, 3.05) is 13.6 Å². The molecule has 1 saturated heterocycles. The van der Waals surface area contributed by atoms with Crippen LogP contribution < -0.4 is 0 Å². The molecule has 19 heavy (non-hydrogen) atoms. The van der Waals surface area contributed by atoms with Crippen LogP contribution in [0, 0.1) is 11.8 Å². The molecule has 2 rings (SSSR count). The second-order valence-electron chi connectivity index (χ2n) is 4.26. The van der Waals surface area contributed by atoms with Gasteiger partial charge in [-0.2, -0.15) is 0 Å². The average Bonchev–Trinajstić information content (AvgIpc) is 2.65. The first-order valence-electron chi connectivity index (χ1n) is 5.60. The summed E-state index contributed by atoms with van der Waals surface area (Å²) in [5.74, 6) is 3.65. The number of likely N-dealkylation sites (tertiary alicyclic amines) is 1. The maximum atomic E-state index is 11.8. The van der Waals surface area contributed by atoms with Crippen molar-refractivity contribution >= 4 is 27.6 Å². The number of carbonyl (C=O) groups is 2. The second-order valence-corrected chi connectivity index (χ2v) is 5.07. The van der Waals surface area contributed by atoms with Gasteiger partial charge in [-0.25, -0.2) is 4.98 Å². The van der Waals surface area contributed by atoms with E-state index in [1.54, 1.807) is 19.2 Å². The third kappa shape index (κ3) is 2.83. The first-order valence-corrected chi connectivity index (χ1v) is 6.40. The number of aromatic nitrogens is 1. The molecule has 0 spiro atoms. The molecule has 0 aliphatic carbocycles. The lowest BCUT2D eigenvalue weighted by Gasteiger charge is -2.12. The summed E-state index contributed by atoms with van der Waals surface area (Å²) in [5, 5.41) is 10.0. The van der Waals surface area contributed by atoms with Crippen LogP contribution in [0.25, 0.3) is 0 Å². The predicted molar refractivity (Wildman–Crippen MR) is 71.2 cm³/mol. The molecular formula is C13H11BrN2O3. The second kappa shape index (κ2) is 5.11. The summed E-state index contributed by atoms with van der Waals surface area (Å²) in [5.41, 5.74) is -1.58. The maximum Gasteiger partial charge on any atom is 0.267 e. The van der Waals surface area contributed by atoms with E-state index in [0.29, 0.717) is 11.1 Å². The lowest BCUT2D eigenvalue weighted by molar-refractivity contribution is -0.137. The minimum atomic E-state index is -1.75. The number of Topliss-reactive ketones (excluding diaryl/α,β-unsaturated/α-hetero) is 1. The van der Waals surface area contributed by atoms with Crippen LogP contribution in [0.15, 0.2) is 22.8 Å². The van der Waals surface area contributed by atoms with Crippen molar-refractivity contribution in [3.63, 3.8) is 0 Å². The van der Waals surface area contributed by atoms with Gasteiger partial charge in [-0.3, -0.25) is 9.59 Å². The van der Waals surface area contributed by atoms with Crippen molar-refractivity contribution in [2.45, 2.75) is 12.0 Å². The number of pyridine rings is 1. The molecule has 1 fully saturated rings. The molecule has 6 heteroatoms. The van der Waals surface area contributed by atoms with Crippen LogP contribution >= 0.6 is 15.9 Å². The van der Waals surface area contributed by atoms with Crippen LogP contribution in [0.2, 0.25) is 0 Å². The fourth-order valence-electron chi connectivity index (χ4n) is 1.73. The van der Waals surface area contributed by atoms with Gasteiger partial charge in [0.15, 0.2) is 0 Å². The third-order valence-corrected chi connectivity index (χ3v) is 3.28. The van der Waals surface area contributed by atoms with Crippen LogP contribution in [-0.4, -0.2) is 45.9 Å². The molecule has 1 aliphatic heterocycles. The van der Waals surface area contributed by atoms with Gasteiger partial charge < -0.3 is 10.0 Å². The molecule has 1 aliphatic rings. The van der Waals surface area contributed by atoms with Crippen molar-refractivity contribution in [1.82, 2.24) is 9.88 Å². The predicted octanol–water partition coefficient (Wildman–Crippen LogP) is 0.623. The van der Waals surface area contributed by atoms with Crippen LogP contribution in [0.4, 0.5) is 0 Å². The molecule has 1 N–H and O–H groups in total. The molecule has 1 amide bonds. The number of ketones is 1. The number of amides is 1. The molecule has 0 aromatic carbocycles. The molecule has 98 valence electrons. The van der Waals surface area contributed by atoms with Crippen molar-refractivity contribution in [2.24, 2.45) is 0 Å². The van der Waals surface area contributed by atoms with Crippen LogP contribution in [-0.2, 0) is 4.79 Å². The summed E-state index contributed by atoms with van der Waals surface area (Å²) in [6, 6.07) is 4.87. The first kappa shape index (κ1) is 13.7. The number of hydrogen-bond acceptors (Lipinski definition) is 4. The van der Waals surface area contributed by atoms with E-state index in [0.717, 1.165) is 0 Å². The lowest BCUT2D eigenvalue weighted by Crippen LogP contribution is -2.37. The van der Waals surface area contributed by atoms with Crippen molar-refractivity contribution < 1.29 is 14.7 Å². The van der Waals surface area contributed by atoms with Crippen LogP contribution in [0.3, 0.4) is 0 Å². The smallest absolute Gasteiger partial charge is 0.267 e. The number of likely N-dealkylation sites (N-methyl/N-ethyl adjacent to an activating group) is 1. The zero-order valence-electron chi connectivity index (χ0n) is 10.2. The Hall–Kier alpha value is -1.71. The van der Waals surface area contributed by atoms with E-state index in [1.807, 2.05) is 0 Å². The molecule has 5 nitrogen and oxygen atoms in total. The highest BCUT2D eigenvalue weighted by atomic mass is 79.9. The van der Waals surface area contributed by atoms with Crippen molar-refractivity contribution in [1.29, 1.82) is 0 Å². The fraction of sp³-hybridized carbons (Fsp3) is 0.308. The minimum Gasteiger partial charge on any atom is -0.369 e. The van der Waals surface area contributed by atoms with E-state index in [4.69, 9.17) is 0 Å². The van der Waals surface area contributed by atoms with Gasteiger partial charge in [0.05, 0.1) is 0 Å². The fourth-order valence-corrected chi connectivity index (χ4v) is 2.07. The molecule has 1 aromatic heterocycles. The zero-order chi connectivity index (χ0) is 14.0. The maximum absolute atomic E-state index is 11.8. The standard InChI is InChI=1S/C13H11BrN2O3/c1-16-8-7-13(19,12(16)18)6-5-10(17)9-3-2-4-11(14)15-9/h2-4,19H,7-8H2,1H3. The largest absolute Gasteiger partial charge is 0.369 e. The summed E-state index contributed by atoms with van der Waals surface area (Å²) >= 11 is 3.15. The van der Waals surface area contributed by atoms with E-state index in [9.17, 15) is 14.7 Å². The molecule has 1 aromatic rings. The monoisotopic (exact) mass is 322 g/mol. The van der Waals surface area contributed by atoms with Crippen LogP contribution in [0.5, 0.6) is 0 Å². The summed E-state index contributed by atoms with van der Waals surface area (Å²) in [6.07, 6.45) is 0.203. The lowest BCUT2D eigenvalue weighted by atomic mass is 10.0. The quantitative estimate of drug-likeness (QED) is 0.356. The Morgan fingerprint density at radius 3 is 2.89 bits per heavy atom. The van der Waals surface area contributed by atoms with Crippen LogP contribution in [0.1, 0.15) is 16.9 Å². The highest BCUT2D eigenvalue weighted by molar-refractivity contribution is 9.10. The molecule has 0 saturated carbocycles. The Kier molecular flexibility index (Phi) is 3.69. The normalized spacial score (nSPS) is 22.1. The number of halogens is 1. The molecule has 0 radical (unpaired) electrons. The summed E-state index contributed by atoms with van der Waals surface area (Å²) in [6.45, 7) is 0.424. The van der Waals surface area contributed by atoms with Gasteiger partial charge in [-0.1, -0.05) is 6.07 Å². The average molecular weight is 323 g/mol. The van der Waals surface area contributed by atoms with Gasteiger partial charge in [0.25, 0.3) is 11.7 Å². The Balaban J connectivity index is 2.21. The third-order valence-electron chi connectivity index (χ3n) is 2.84. The SMILES string of the molecule is CN1CCC(O)(C#CC(=O)c2cccc(Br)n2)C1=O. The number of hydrogen-bond donors (Lipinski definition) is 1. The van der Waals surface area contributed by atoms with E-state index in [-0.39, 0.29) is 12.1 Å². The number of aliphatic hydroxyl groups is 1. The van der Waals surface area contributed by atoms with Crippen molar-refractivity contribution in [3.05, 3.63) is 28.5 Å². The van der Waals surface area contributed by atoms with E-state index in [1.165, 1.54) is 11.0 Å². The summed E-state index contributed by atoms with van der Waals surface area (Å²) < 4.78 is 0.524. The number of rotatable bonds is 1. The molecular weight excluding hydrogens is 312 g/mol. The Morgan fingerprint density at radius 2 is 2.32 bits per heavy atom. The minimum absolute atomic E-state index is 0.171. The van der Waals surface area contributed by atoms with Gasteiger partial charge in [0.1, 0.15) is 10.3 Å². The Morgan fingerprint density at radius 1 is 1.58 bits per heavy atom. The number of nitrogens with zero attached hydrogens (tertiary/aromatic N) is 2.